The number of pyridine rings is 2. The molecule has 2 amide bonds. The molecule has 6 N–H and O–H groups in total. The van der Waals surface area contributed by atoms with Gasteiger partial charge in [0.15, 0.2) is 22.9 Å². The van der Waals surface area contributed by atoms with E-state index in [-0.39, 0.29) is 33.2 Å². The smallest absolute Gasteiger partial charge is 0.322 e. The molecule has 0 bridgehead atoms. The molecule has 0 atom stereocenters. The fourth-order valence-corrected chi connectivity index (χ4v) is 3.71. The van der Waals surface area contributed by atoms with Gasteiger partial charge in [0.25, 0.3) is 11.8 Å². The van der Waals surface area contributed by atoms with Crippen LogP contribution in [-0.4, -0.2) is 67.2 Å². The first-order valence-electron chi connectivity index (χ1n) is 10.6. The van der Waals surface area contributed by atoms with E-state index in [1.807, 2.05) is 0 Å². The maximum Gasteiger partial charge on any atom is 0.322 e. The second kappa shape index (κ2) is 12.0. The third-order valence-electron chi connectivity index (χ3n) is 4.91. The molecule has 2 aromatic carbocycles. The van der Waals surface area contributed by atoms with Crippen molar-refractivity contribution in [3.05, 3.63) is 70.2 Å². The van der Waals surface area contributed by atoms with Crippen LogP contribution < -0.4 is 10.6 Å². The highest BCUT2D eigenvalue weighted by molar-refractivity contribution is 6.35. The predicted molar refractivity (Wildman–Crippen MR) is 137 cm³/mol. The average molecular weight is 561 g/mol. The Morgan fingerprint density at radius 1 is 0.632 bits per heavy atom. The quantitative estimate of drug-likeness (QED) is 0.190. The second-order valence-electron chi connectivity index (χ2n) is 7.44. The van der Waals surface area contributed by atoms with E-state index in [2.05, 4.69) is 20.6 Å². The van der Waals surface area contributed by atoms with Gasteiger partial charge in [0.05, 0.1) is 0 Å². The van der Waals surface area contributed by atoms with Gasteiger partial charge in [-0.2, -0.15) is 0 Å². The maximum absolute atomic E-state index is 11.7. The summed E-state index contributed by atoms with van der Waals surface area (Å²) >= 11 is 11.8. The Labute approximate surface area is 223 Å². The van der Waals surface area contributed by atoms with Crippen LogP contribution in [-0.2, 0) is 9.59 Å². The number of carboxylic acid groups (broad SMARTS) is 2. The SMILES string of the molecule is O=C(O)CNC(=O)c1nc(Cl)c2ccccc2c1O.O=C(O)CNC(=O)c1nc(Cl)c2ccccc2c1O. The lowest BCUT2D eigenvalue weighted by molar-refractivity contribution is -0.136. The van der Waals surface area contributed by atoms with E-state index < -0.39 is 36.8 Å². The van der Waals surface area contributed by atoms with Crippen LogP contribution in [0, 0.1) is 0 Å². The van der Waals surface area contributed by atoms with Gasteiger partial charge < -0.3 is 31.1 Å². The van der Waals surface area contributed by atoms with E-state index in [9.17, 15) is 29.4 Å². The first-order chi connectivity index (χ1) is 18.0. The summed E-state index contributed by atoms with van der Waals surface area (Å²) in [7, 11) is 0. The maximum atomic E-state index is 11.7. The highest BCUT2D eigenvalue weighted by atomic mass is 35.5. The standard InChI is InChI=1S/2C12H9ClN2O4/c2*13-11-7-4-2-1-3-6(7)10(18)9(15-11)12(19)14-5-8(16)17/h2*1-4,18H,5H2,(H,14,19)(H,16,17). The topological polar surface area (TPSA) is 199 Å². The molecule has 0 radical (unpaired) electrons. The molecule has 4 aromatic rings. The van der Waals surface area contributed by atoms with E-state index >= 15 is 0 Å². The summed E-state index contributed by atoms with van der Waals surface area (Å²) in [6.07, 6.45) is 0. The zero-order valence-corrected chi connectivity index (χ0v) is 20.6. The molecular weight excluding hydrogens is 543 g/mol. The summed E-state index contributed by atoms with van der Waals surface area (Å²) in [4.78, 5) is 51.8. The van der Waals surface area contributed by atoms with Crippen molar-refractivity contribution in [1.82, 2.24) is 20.6 Å². The van der Waals surface area contributed by atoms with Crippen molar-refractivity contribution in [2.75, 3.05) is 13.1 Å². The molecule has 12 nitrogen and oxygen atoms in total. The lowest BCUT2D eigenvalue weighted by Gasteiger charge is -2.08. The van der Waals surface area contributed by atoms with Crippen LogP contribution in [0.4, 0.5) is 0 Å². The zero-order chi connectivity index (χ0) is 28.0. The summed E-state index contributed by atoms with van der Waals surface area (Å²) < 4.78 is 0. The van der Waals surface area contributed by atoms with Gasteiger partial charge in [-0.25, -0.2) is 9.97 Å². The van der Waals surface area contributed by atoms with Crippen LogP contribution in [0.5, 0.6) is 11.5 Å². The van der Waals surface area contributed by atoms with Crippen molar-refractivity contribution in [3.63, 3.8) is 0 Å². The number of fused-ring (bicyclic) bond motifs is 2. The third-order valence-corrected chi connectivity index (χ3v) is 5.48. The molecule has 0 spiro atoms. The van der Waals surface area contributed by atoms with Gasteiger partial charge in [-0.15, -0.1) is 0 Å². The molecule has 0 unspecified atom stereocenters. The fourth-order valence-electron chi connectivity index (χ4n) is 3.21. The van der Waals surface area contributed by atoms with E-state index in [1.54, 1.807) is 48.5 Å². The number of aromatic nitrogens is 2. The summed E-state index contributed by atoms with van der Waals surface area (Å²) in [5, 5.41) is 43.1. The molecule has 0 aliphatic rings. The molecule has 2 heterocycles. The Morgan fingerprint density at radius 2 is 0.947 bits per heavy atom. The number of benzene rings is 2. The molecule has 0 aliphatic heterocycles. The number of carbonyl (C=O) groups is 4. The number of carboxylic acids is 2. The number of carbonyl (C=O) groups excluding carboxylic acids is 2. The van der Waals surface area contributed by atoms with E-state index in [0.717, 1.165) is 0 Å². The van der Waals surface area contributed by atoms with Gasteiger partial charge in [0.2, 0.25) is 0 Å². The number of aromatic hydroxyl groups is 2. The van der Waals surface area contributed by atoms with Gasteiger partial charge >= 0.3 is 11.9 Å². The number of aliphatic carboxylic acids is 2. The van der Waals surface area contributed by atoms with E-state index in [4.69, 9.17) is 33.4 Å². The molecular formula is C24H18Cl2N4O8. The predicted octanol–water partition coefficient (Wildman–Crippen LogP) is 2.82. The molecule has 2 aromatic heterocycles. The number of hydrogen-bond acceptors (Lipinski definition) is 8. The van der Waals surface area contributed by atoms with Crippen LogP contribution in [0.2, 0.25) is 10.3 Å². The van der Waals surface area contributed by atoms with E-state index in [0.29, 0.717) is 21.5 Å². The molecule has 0 saturated carbocycles. The fraction of sp³-hybridized carbons (Fsp3) is 0.0833. The Bertz CT molecular complexity index is 1460. The lowest BCUT2D eigenvalue weighted by Crippen LogP contribution is -2.30. The van der Waals surface area contributed by atoms with Gasteiger partial charge in [0, 0.05) is 21.5 Å². The van der Waals surface area contributed by atoms with Gasteiger partial charge in [-0.1, -0.05) is 71.7 Å². The van der Waals surface area contributed by atoms with Crippen LogP contribution in [0.25, 0.3) is 21.5 Å². The minimum absolute atomic E-state index is 0.0638. The molecule has 0 saturated heterocycles. The average Bonchev–Trinajstić information content (AvgIpc) is 2.90. The molecule has 196 valence electrons. The minimum atomic E-state index is -1.19. The van der Waals surface area contributed by atoms with Crippen molar-refractivity contribution in [1.29, 1.82) is 0 Å². The van der Waals surface area contributed by atoms with Crippen molar-refractivity contribution >= 4 is 68.5 Å². The van der Waals surface area contributed by atoms with Crippen molar-refractivity contribution < 1.29 is 39.6 Å². The molecule has 0 fully saturated rings. The summed E-state index contributed by atoms with van der Waals surface area (Å²) in [6.45, 7) is -1.13. The summed E-state index contributed by atoms with van der Waals surface area (Å²) in [5.41, 5.74) is -0.602. The Hall–Kier alpha value is -4.68. The van der Waals surface area contributed by atoms with Crippen LogP contribution >= 0.6 is 23.2 Å². The normalized spacial score (nSPS) is 10.4. The summed E-state index contributed by atoms with van der Waals surface area (Å²) in [5.74, 6) is -4.65. The highest BCUT2D eigenvalue weighted by Crippen LogP contribution is 2.32. The highest BCUT2D eigenvalue weighted by Gasteiger charge is 2.19. The number of hydrogen-bond donors (Lipinski definition) is 6. The summed E-state index contributed by atoms with van der Waals surface area (Å²) in [6, 6.07) is 13.3. The number of nitrogens with zero attached hydrogens (tertiary/aromatic N) is 2. The van der Waals surface area contributed by atoms with Crippen LogP contribution in [0.1, 0.15) is 21.0 Å². The second-order valence-corrected chi connectivity index (χ2v) is 8.16. The number of halogens is 2. The number of rotatable bonds is 6. The zero-order valence-electron chi connectivity index (χ0n) is 19.1. The Balaban J connectivity index is 0.000000211. The molecule has 0 aliphatic carbocycles. The third kappa shape index (κ3) is 6.35. The van der Waals surface area contributed by atoms with E-state index in [1.165, 1.54) is 0 Å². The first kappa shape index (κ1) is 27.9. The minimum Gasteiger partial charge on any atom is -0.505 e. The first-order valence-corrected chi connectivity index (χ1v) is 11.3. The van der Waals surface area contributed by atoms with Crippen molar-refractivity contribution in [2.45, 2.75) is 0 Å². The largest absolute Gasteiger partial charge is 0.505 e. The molecule has 14 heteroatoms. The van der Waals surface area contributed by atoms with Gasteiger partial charge in [-0.05, 0) is 0 Å². The van der Waals surface area contributed by atoms with Crippen molar-refractivity contribution in [2.24, 2.45) is 0 Å². The van der Waals surface area contributed by atoms with Crippen LogP contribution in [0.3, 0.4) is 0 Å². The van der Waals surface area contributed by atoms with Crippen molar-refractivity contribution in [3.8, 4) is 11.5 Å². The Morgan fingerprint density at radius 3 is 1.26 bits per heavy atom. The van der Waals surface area contributed by atoms with Crippen LogP contribution in [0.15, 0.2) is 48.5 Å². The monoisotopic (exact) mass is 560 g/mol. The molecule has 4 rings (SSSR count). The molecule has 38 heavy (non-hydrogen) atoms. The van der Waals surface area contributed by atoms with Gasteiger partial charge in [0.1, 0.15) is 23.4 Å². The van der Waals surface area contributed by atoms with Gasteiger partial charge in [-0.3, -0.25) is 19.2 Å². The Kier molecular flexibility index (Phi) is 8.84. The number of nitrogens with one attached hydrogen (secondary N) is 2. The number of amides is 2. The lowest BCUT2D eigenvalue weighted by atomic mass is 10.1.